The maximum absolute atomic E-state index is 12.9. The number of benzene rings is 1. The zero-order valence-electron chi connectivity index (χ0n) is 14.4. The molecule has 146 valence electrons. The van der Waals surface area contributed by atoms with Gasteiger partial charge in [-0.2, -0.15) is 23.1 Å². The summed E-state index contributed by atoms with van der Waals surface area (Å²) in [5, 5.41) is 2.70. The van der Waals surface area contributed by atoms with Crippen molar-refractivity contribution >= 4 is 11.6 Å². The summed E-state index contributed by atoms with van der Waals surface area (Å²) < 4.78 is 54.5. The molecular weight excluding hydrogens is 377 g/mol. The molecular formula is C18H15F3N4O3. The smallest absolute Gasteiger partial charge is 0.416 e. The fourth-order valence-corrected chi connectivity index (χ4v) is 2.09. The summed E-state index contributed by atoms with van der Waals surface area (Å²) in [6.07, 6.45) is -1.48. The highest BCUT2D eigenvalue weighted by Crippen LogP contribution is 2.31. The summed E-state index contributed by atoms with van der Waals surface area (Å²) in [4.78, 5) is 12.1. The first kappa shape index (κ1) is 19.2. The van der Waals surface area contributed by atoms with E-state index < -0.39 is 11.7 Å². The predicted molar refractivity (Wildman–Crippen MR) is 93.3 cm³/mol. The van der Waals surface area contributed by atoms with E-state index in [1.165, 1.54) is 24.5 Å². The molecule has 7 nitrogen and oxygen atoms in total. The molecule has 2 heterocycles. The van der Waals surface area contributed by atoms with Crippen LogP contribution in [0.2, 0.25) is 0 Å². The summed E-state index contributed by atoms with van der Waals surface area (Å²) in [7, 11) is 0. The Morgan fingerprint density at radius 1 is 1.07 bits per heavy atom. The van der Waals surface area contributed by atoms with E-state index in [2.05, 4.69) is 26.8 Å². The van der Waals surface area contributed by atoms with Crippen LogP contribution in [0.15, 0.2) is 59.7 Å². The summed E-state index contributed by atoms with van der Waals surface area (Å²) in [5.41, 5.74) is -0.656. The Balaban J connectivity index is 1.82. The van der Waals surface area contributed by atoms with Gasteiger partial charge in [0.25, 0.3) is 0 Å². The molecule has 0 saturated heterocycles. The number of furan rings is 1. The van der Waals surface area contributed by atoms with Gasteiger partial charge in [0.1, 0.15) is 19.0 Å². The number of nitrogens with one attached hydrogen (secondary N) is 1. The van der Waals surface area contributed by atoms with Gasteiger partial charge >= 0.3 is 18.2 Å². The molecule has 0 unspecified atom stereocenters. The number of nitrogens with zero attached hydrogens (tertiary/aromatic N) is 3. The minimum atomic E-state index is -4.47. The van der Waals surface area contributed by atoms with Crippen LogP contribution < -0.4 is 14.8 Å². The third kappa shape index (κ3) is 5.22. The minimum absolute atomic E-state index is 0.0390. The fraction of sp³-hybridized carbons (Fsp3) is 0.167. The molecule has 0 saturated carbocycles. The van der Waals surface area contributed by atoms with Crippen molar-refractivity contribution in [1.29, 1.82) is 0 Å². The minimum Gasteiger partial charge on any atom is -0.466 e. The van der Waals surface area contributed by atoms with E-state index in [0.29, 0.717) is 5.76 Å². The van der Waals surface area contributed by atoms with Crippen LogP contribution in [0.1, 0.15) is 11.3 Å². The molecule has 0 fully saturated rings. The van der Waals surface area contributed by atoms with Crippen molar-refractivity contribution in [2.45, 2.75) is 12.8 Å². The Hall–Kier alpha value is -3.56. The average Bonchev–Trinajstić information content (AvgIpc) is 3.18. The molecule has 2 aromatic heterocycles. The van der Waals surface area contributed by atoms with Gasteiger partial charge in [0.2, 0.25) is 5.95 Å². The molecule has 0 amide bonds. The van der Waals surface area contributed by atoms with E-state index in [1.54, 1.807) is 12.1 Å². The molecule has 3 rings (SSSR count). The lowest BCUT2D eigenvalue weighted by Gasteiger charge is -2.11. The average molecular weight is 392 g/mol. The second-order valence-electron chi connectivity index (χ2n) is 5.40. The Bertz CT molecular complexity index is 930. The third-order valence-corrected chi connectivity index (χ3v) is 3.29. The largest absolute Gasteiger partial charge is 0.466 e. The molecule has 1 N–H and O–H groups in total. The summed E-state index contributed by atoms with van der Waals surface area (Å²) in [6.45, 7) is 3.72. The molecule has 0 spiro atoms. The number of aromatic nitrogens is 3. The summed E-state index contributed by atoms with van der Waals surface area (Å²) in [6, 6.07) is 7.89. The van der Waals surface area contributed by atoms with E-state index in [4.69, 9.17) is 13.9 Å². The zero-order chi connectivity index (χ0) is 20.0. The Labute approximate surface area is 157 Å². The topological polar surface area (TPSA) is 82.3 Å². The van der Waals surface area contributed by atoms with E-state index >= 15 is 0 Å². The lowest BCUT2D eigenvalue weighted by molar-refractivity contribution is -0.137. The Morgan fingerprint density at radius 3 is 2.54 bits per heavy atom. The van der Waals surface area contributed by atoms with Crippen molar-refractivity contribution in [1.82, 2.24) is 15.0 Å². The van der Waals surface area contributed by atoms with Crippen molar-refractivity contribution in [2.24, 2.45) is 0 Å². The van der Waals surface area contributed by atoms with Crippen molar-refractivity contribution in [2.75, 3.05) is 11.9 Å². The van der Waals surface area contributed by atoms with Crippen LogP contribution in [0, 0.1) is 0 Å². The van der Waals surface area contributed by atoms with Crippen molar-refractivity contribution in [3.8, 4) is 12.0 Å². The lowest BCUT2D eigenvalue weighted by Crippen LogP contribution is -2.08. The van der Waals surface area contributed by atoms with Crippen LogP contribution in [0.4, 0.5) is 24.8 Å². The van der Waals surface area contributed by atoms with E-state index in [0.717, 1.165) is 12.1 Å². The monoisotopic (exact) mass is 392 g/mol. The van der Waals surface area contributed by atoms with Crippen LogP contribution in [0.5, 0.6) is 12.0 Å². The number of alkyl halides is 3. The van der Waals surface area contributed by atoms with Crippen LogP contribution in [0.3, 0.4) is 0 Å². The Kier molecular flexibility index (Phi) is 5.78. The highest BCUT2D eigenvalue weighted by atomic mass is 19.4. The zero-order valence-corrected chi connectivity index (χ0v) is 14.4. The van der Waals surface area contributed by atoms with Gasteiger partial charge in [-0.25, -0.2) is 0 Å². The van der Waals surface area contributed by atoms with Gasteiger partial charge in [-0.1, -0.05) is 18.7 Å². The molecule has 0 aliphatic carbocycles. The maximum atomic E-state index is 12.9. The Morgan fingerprint density at radius 2 is 1.86 bits per heavy atom. The van der Waals surface area contributed by atoms with Gasteiger partial charge in [0.05, 0.1) is 11.8 Å². The van der Waals surface area contributed by atoms with Crippen molar-refractivity contribution in [3.05, 3.63) is 66.6 Å². The number of ether oxygens (including phenoxy) is 2. The number of anilines is 2. The lowest BCUT2D eigenvalue weighted by atomic mass is 10.2. The second-order valence-corrected chi connectivity index (χ2v) is 5.40. The number of rotatable bonds is 8. The van der Waals surface area contributed by atoms with Crippen molar-refractivity contribution in [3.63, 3.8) is 0 Å². The van der Waals surface area contributed by atoms with Gasteiger partial charge in [0.15, 0.2) is 0 Å². The molecule has 10 heteroatoms. The van der Waals surface area contributed by atoms with Gasteiger partial charge in [0, 0.05) is 5.69 Å². The van der Waals surface area contributed by atoms with Crippen LogP contribution in [-0.2, 0) is 12.8 Å². The first-order chi connectivity index (χ1) is 13.4. The molecule has 0 atom stereocenters. The van der Waals surface area contributed by atoms with Crippen LogP contribution in [-0.4, -0.2) is 21.6 Å². The molecule has 1 aromatic carbocycles. The molecule has 0 bridgehead atoms. The molecule has 0 radical (unpaired) electrons. The number of hydrogen-bond donors (Lipinski definition) is 1. The molecule has 28 heavy (non-hydrogen) atoms. The summed E-state index contributed by atoms with van der Waals surface area (Å²) in [5.74, 6) is 0.504. The first-order valence-corrected chi connectivity index (χ1v) is 8.03. The van der Waals surface area contributed by atoms with Gasteiger partial charge in [-0.15, -0.1) is 4.98 Å². The highest BCUT2D eigenvalue weighted by molar-refractivity contribution is 5.55. The quantitative estimate of drug-likeness (QED) is 0.570. The molecule has 0 aliphatic rings. The van der Waals surface area contributed by atoms with Gasteiger partial charge < -0.3 is 19.2 Å². The van der Waals surface area contributed by atoms with Gasteiger partial charge in [-0.3, -0.25) is 0 Å². The van der Waals surface area contributed by atoms with E-state index in [-0.39, 0.29) is 36.9 Å². The SMILES string of the molecule is C=CCOc1nc(Nc2cccc(C(F)(F)F)c2)nc(OCc2ccco2)n1. The van der Waals surface area contributed by atoms with Crippen LogP contribution >= 0.6 is 0 Å². The van der Waals surface area contributed by atoms with E-state index in [1.807, 2.05) is 0 Å². The predicted octanol–water partition coefficient (Wildman–Crippen LogP) is 4.37. The first-order valence-electron chi connectivity index (χ1n) is 8.03. The second kappa shape index (κ2) is 8.42. The highest BCUT2D eigenvalue weighted by Gasteiger charge is 2.30. The maximum Gasteiger partial charge on any atom is 0.416 e. The number of halogens is 3. The van der Waals surface area contributed by atoms with Crippen LogP contribution in [0.25, 0.3) is 0 Å². The summed E-state index contributed by atoms with van der Waals surface area (Å²) >= 11 is 0. The van der Waals surface area contributed by atoms with Crippen molar-refractivity contribution < 1.29 is 27.1 Å². The normalized spacial score (nSPS) is 11.1. The fourth-order valence-electron chi connectivity index (χ4n) is 2.09. The van der Waals surface area contributed by atoms with E-state index in [9.17, 15) is 13.2 Å². The number of hydrogen-bond acceptors (Lipinski definition) is 7. The van der Waals surface area contributed by atoms with Gasteiger partial charge in [-0.05, 0) is 30.3 Å². The molecule has 0 aliphatic heterocycles. The third-order valence-electron chi connectivity index (χ3n) is 3.29. The molecule has 3 aromatic rings. The standard InChI is InChI=1S/C18H15F3N4O3/c1-2-8-27-16-23-15(22-13-6-3-5-12(10-13)18(19,20)21)24-17(25-16)28-11-14-7-4-9-26-14/h2-7,9-10H,1,8,11H2,(H,22,23,24,25).